The Hall–Kier alpha value is -3.19. The minimum absolute atomic E-state index is 0.129. The molecule has 1 aliphatic heterocycles. The topological polar surface area (TPSA) is 87.5 Å². The lowest BCUT2D eigenvalue weighted by molar-refractivity contribution is 0.187. The molecule has 1 aliphatic carbocycles. The first-order valence-electron chi connectivity index (χ1n) is 11.9. The fourth-order valence-corrected chi connectivity index (χ4v) is 5.01. The zero-order valence-electron chi connectivity index (χ0n) is 18.7. The molecular weight excluding hydrogens is 416 g/mol. The molecule has 2 aliphatic rings. The summed E-state index contributed by atoms with van der Waals surface area (Å²) in [6.45, 7) is 3.38. The van der Waals surface area contributed by atoms with Crippen LogP contribution in [0.4, 0.5) is 4.79 Å². The van der Waals surface area contributed by atoms with E-state index in [1.54, 1.807) is 4.57 Å². The highest BCUT2D eigenvalue weighted by Crippen LogP contribution is 2.41. The molecule has 33 heavy (non-hydrogen) atoms. The van der Waals surface area contributed by atoms with Gasteiger partial charge in [0.2, 0.25) is 0 Å². The second-order valence-corrected chi connectivity index (χ2v) is 9.17. The van der Waals surface area contributed by atoms with Crippen molar-refractivity contribution in [2.75, 3.05) is 19.6 Å². The molecule has 5 rings (SSSR count). The first-order chi connectivity index (χ1) is 16.1. The zero-order valence-corrected chi connectivity index (χ0v) is 18.7. The normalized spacial score (nSPS) is 17.3. The Morgan fingerprint density at radius 2 is 1.85 bits per heavy atom. The third-order valence-corrected chi connectivity index (χ3v) is 6.79. The number of fused-ring (bicyclic) bond motifs is 1. The molecule has 2 N–H and O–H groups in total. The molecule has 2 fully saturated rings. The largest absolute Gasteiger partial charge is 0.465 e. The van der Waals surface area contributed by atoms with Gasteiger partial charge in [-0.1, -0.05) is 30.3 Å². The van der Waals surface area contributed by atoms with Gasteiger partial charge < -0.3 is 15.3 Å². The smallest absolute Gasteiger partial charge is 0.405 e. The van der Waals surface area contributed by atoms with Crippen LogP contribution in [0.3, 0.4) is 0 Å². The molecule has 1 atom stereocenters. The van der Waals surface area contributed by atoms with E-state index in [9.17, 15) is 14.7 Å². The van der Waals surface area contributed by atoms with Crippen LogP contribution in [-0.4, -0.2) is 45.3 Å². The van der Waals surface area contributed by atoms with Crippen molar-refractivity contribution < 1.29 is 9.90 Å². The summed E-state index contributed by atoms with van der Waals surface area (Å²) in [6, 6.07) is 14.7. The molecule has 1 saturated carbocycles. The Bertz CT molecular complexity index is 1200. The first-order valence-corrected chi connectivity index (χ1v) is 11.9. The van der Waals surface area contributed by atoms with Crippen LogP contribution in [0.15, 0.2) is 53.3 Å². The molecule has 1 unspecified atom stereocenters. The lowest BCUT2D eigenvalue weighted by Gasteiger charge is -2.22. The Morgan fingerprint density at radius 3 is 2.55 bits per heavy atom. The number of aromatic nitrogens is 2. The molecule has 3 aromatic rings. The van der Waals surface area contributed by atoms with Crippen molar-refractivity contribution >= 4 is 17.0 Å². The number of aryl methyl sites for hydroxylation is 1. The molecule has 0 spiro atoms. The van der Waals surface area contributed by atoms with Crippen LogP contribution >= 0.6 is 0 Å². The van der Waals surface area contributed by atoms with Gasteiger partial charge in [-0.15, -0.1) is 0 Å². The third-order valence-electron chi connectivity index (χ3n) is 6.79. The number of amides is 1. The van der Waals surface area contributed by atoms with E-state index in [2.05, 4.69) is 10.2 Å². The van der Waals surface area contributed by atoms with Gasteiger partial charge >= 0.3 is 6.09 Å². The highest BCUT2D eigenvalue weighted by Gasteiger charge is 2.37. The highest BCUT2D eigenvalue weighted by atomic mass is 16.4. The van der Waals surface area contributed by atoms with Crippen LogP contribution in [0, 0.1) is 5.92 Å². The minimum Gasteiger partial charge on any atom is -0.465 e. The number of carboxylic acid groups (broad SMARTS) is 1. The second kappa shape index (κ2) is 9.35. The van der Waals surface area contributed by atoms with E-state index in [1.807, 2.05) is 48.5 Å². The van der Waals surface area contributed by atoms with Crippen molar-refractivity contribution in [2.45, 2.75) is 44.6 Å². The van der Waals surface area contributed by atoms with Gasteiger partial charge in [0.05, 0.1) is 22.6 Å². The third kappa shape index (κ3) is 4.64. The van der Waals surface area contributed by atoms with Crippen molar-refractivity contribution in [2.24, 2.45) is 5.92 Å². The summed E-state index contributed by atoms with van der Waals surface area (Å²) in [5.41, 5.74) is 2.22. The van der Waals surface area contributed by atoms with E-state index in [4.69, 9.17) is 4.98 Å². The number of nitrogens with one attached hydrogen (secondary N) is 1. The average molecular weight is 447 g/mol. The zero-order chi connectivity index (χ0) is 22.8. The molecular formula is C26H30N4O3. The summed E-state index contributed by atoms with van der Waals surface area (Å²) < 4.78 is 1.62. The fourth-order valence-electron chi connectivity index (χ4n) is 5.01. The van der Waals surface area contributed by atoms with Crippen LogP contribution < -0.4 is 10.9 Å². The van der Waals surface area contributed by atoms with Crippen molar-refractivity contribution in [3.05, 3.63) is 70.3 Å². The molecule has 0 radical (unpaired) electrons. The maximum Gasteiger partial charge on any atom is 0.405 e. The van der Waals surface area contributed by atoms with Crippen molar-refractivity contribution in [1.82, 2.24) is 19.8 Å². The Morgan fingerprint density at radius 1 is 1.09 bits per heavy atom. The first kappa shape index (κ1) is 21.6. The Balaban J connectivity index is 1.60. The standard InChI is InChI=1S/C26H30N4O3/c31-25-22-18(9-7-17-29-15-4-5-16-29)8-6-12-21(22)27-24(23(19-13-14-19)28-26(32)33)30(25)20-10-2-1-3-11-20/h1-3,6,8,10-12,19,23,28H,4-5,7,9,13-17H2,(H,32,33). The number of nitrogens with zero attached hydrogens (tertiary/aromatic N) is 3. The number of hydrogen-bond donors (Lipinski definition) is 2. The molecule has 7 heteroatoms. The van der Waals surface area contributed by atoms with Gasteiger partial charge in [0.15, 0.2) is 0 Å². The predicted molar refractivity (Wildman–Crippen MR) is 128 cm³/mol. The van der Waals surface area contributed by atoms with Crippen LogP contribution in [0.5, 0.6) is 0 Å². The van der Waals surface area contributed by atoms with Crippen molar-refractivity contribution in [3.8, 4) is 5.69 Å². The van der Waals surface area contributed by atoms with E-state index >= 15 is 0 Å². The van der Waals surface area contributed by atoms with E-state index in [-0.39, 0.29) is 11.5 Å². The van der Waals surface area contributed by atoms with Crippen molar-refractivity contribution in [1.29, 1.82) is 0 Å². The molecule has 7 nitrogen and oxygen atoms in total. The van der Waals surface area contributed by atoms with Gasteiger partial charge in [0, 0.05) is 0 Å². The van der Waals surface area contributed by atoms with E-state index in [0.29, 0.717) is 22.4 Å². The number of carbonyl (C=O) groups is 1. The molecule has 0 bridgehead atoms. The maximum atomic E-state index is 14.0. The van der Waals surface area contributed by atoms with Gasteiger partial charge in [0.25, 0.3) is 5.56 Å². The Kier molecular flexibility index (Phi) is 6.13. The predicted octanol–water partition coefficient (Wildman–Crippen LogP) is 4.13. The fraction of sp³-hybridized carbons (Fsp3) is 0.423. The molecule has 2 heterocycles. The van der Waals surface area contributed by atoms with Gasteiger partial charge in [-0.05, 0) is 87.8 Å². The summed E-state index contributed by atoms with van der Waals surface area (Å²) >= 11 is 0. The number of para-hydroxylation sites is 1. The summed E-state index contributed by atoms with van der Waals surface area (Å²) in [5.74, 6) is 0.627. The van der Waals surface area contributed by atoms with Crippen LogP contribution in [0.2, 0.25) is 0 Å². The number of rotatable bonds is 8. The number of benzene rings is 2. The van der Waals surface area contributed by atoms with Gasteiger partial charge in [-0.3, -0.25) is 9.36 Å². The minimum atomic E-state index is -1.10. The molecule has 1 aromatic heterocycles. The monoisotopic (exact) mass is 446 g/mol. The molecule has 1 saturated heterocycles. The van der Waals surface area contributed by atoms with Crippen LogP contribution in [-0.2, 0) is 6.42 Å². The summed E-state index contributed by atoms with van der Waals surface area (Å²) in [7, 11) is 0. The van der Waals surface area contributed by atoms with Gasteiger partial charge in [-0.2, -0.15) is 0 Å². The second-order valence-electron chi connectivity index (χ2n) is 9.17. The summed E-state index contributed by atoms with van der Waals surface area (Å²) in [4.78, 5) is 32.9. The van der Waals surface area contributed by atoms with E-state index in [0.717, 1.165) is 37.8 Å². The molecule has 1 amide bonds. The summed E-state index contributed by atoms with van der Waals surface area (Å²) in [6.07, 6.45) is 5.10. The average Bonchev–Trinajstić information content (AvgIpc) is 3.53. The highest BCUT2D eigenvalue weighted by molar-refractivity contribution is 5.82. The molecule has 2 aromatic carbocycles. The lowest BCUT2D eigenvalue weighted by Crippen LogP contribution is -2.35. The van der Waals surface area contributed by atoms with E-state index < -0.39 is 12.1 Å². The van der Waals surface area contributed by atoms with Crippen LogP contribution in [0.25, 0.3) is 16.6 Å². The van der Waals surface area contributed by atoms with Gasteiger partial charge in [0.1, 0.15) is 5.82 Å². The van der Waals surface area contributed by atoms with E-state index in [1.165, 1.54) is 25.9 Å². The summed E-state index contributed by atoms with van der Waals surface area (Å²) in [5, 5.41) is 12.7. The van der Waals surface area contributed by atoms with Crippen LogP contribution in [0.1, 0.15) is 49.5 Å². The number of hydrogen-bond acceptors (Lipinski definition) is 4. The van der Waals surface area contributed by atoms with Gasteiger partial charge in [-0.25, -0.2) is 9.78 Å². The maximum absolute atomic E-state index is 14.0. The lowest BCUT2D eigenvalue weighted by atomic mass is 10.0. The number of likely N-dealkylation sites (tertiary alicyclic amines) is 1. The van der Waals surface area contributed by atoms with Crippen molar-refractivity contribution in [3.63, 3.8) is 0 Å². The molecule has 172 valence electrons. The quantitative estimate of drug-likeness (QED) is 0.543. The Labute approximate surface area is 193 Å². The SMILES string of the molecule is O=C(O)NC(c1nc2cccc(CCCN3CCCC3)c2c(=O)n1-c1ccccc1)C1CC1.